The lowest BCUT2D eigenvalue weighted by Crippen LogP contribution is -2.22. The molecule has 7 heteroatoms. The Morgan fingerprint density at radius 3 is 2.48 bits per heavy atom. The summed E-state index contributed by atoms with van der Waals surface area (Å²) in [5, 5.41) is 6.01. The molecule has 2 aromatic carbocycles. The number of nitrogens with zero attached hydrogens (tertiary/aromatic N) is 1. The Balaban J connectivity index is 1.63. The predicted octanol–water partition coefficient (Wildman–Crippen LogP) is 4.00. The summed E-state index contributed by atoms with van der Waals surface area (Å²) in [6.07, 6.45) is 3.16. The zero-order valence-electron chi connectivity index (χ0n) is 14.2. The molecule has 6 nitrogen and oxygen atoms in total. The van der Waals surface area contributed by atoms with Crippen molar-refractivity contribution in [2.24, 2.45) is 0 Å². The highest BCUT2D eigenvalue weighted by atomic mass is 35.5. The number of aromatic nitrogens is 1. The minimum absolute atomic E-state index is 0.194. The maximum atomic E-state index is 12.5. The van der Waals surface area contributed by atoms with Gasteiger partial charge in [-0.1, -0.05) is 23.7 Å². The minimum Gasteiger partial charge on any atom is -0.484 e. The SMILES string of the molecule is O=C(COc1ccc(Cl)cc1)Nc1ccccc1C(=O)Nc1cccnc1. The molecule has 0 aliphatic carbocycles. The van der Waals surface area contributed by atoms with Crippen LogP contribution in [0, 0.1) is 0 Å². The largest absolute Gasteiger partial charge is 0.484 e. The molecular formula is C20H16ClN3O3. The number of anilines is 2. The van der Waals surface area contributed by atoms with Crippen molar-refractivity contribution in [1.82, 2.24) is 4.98 Å². The third kappa shape index (κ3) is 5.29. The first kappa shape index (κ1) is 18.4. The number of amides is 2. The van der Waals surface area contributed by atoms with Crippen LogP contribution in [0.25, 0.3) is 0 Å². The lowest BCUT2D eigenvalue weighted by molar-refractivity contribution is -0.118. The highest BCUT2D eigenvalue weighted by molar-refractivity contribution is 6.30. The zero-order valence-corrected chi connectivity index (χ0v) is 14.9. The summed E-state index contributed by atoms with van der Waals surface area (Å²) in [7, 11) is 0. The normalized spacial score (nSPS) is 10.1. The number of nitrogens with one attached hydrogen (secondary N) is 2. The fraction of sp³-hybridized carbons (Fsp3) is 0.0500. The van der Waals surface area contributed by atoms with Gasteiger partial charge in [-0.2, -0.15) is 0 Å². The van der Waals surface area contributed by atoms with Crippen molar-refractivity contribution in [1.29, 1.82) is 0 Å². The Morgan fingerprint density at radius 2 is 1.74 bits per heavy atom. The second-order valence-corrected chi connectivity index (χ2v) is 5.97. The van der Waals surface area contributed by atoms with Crippen LogP contribution in [0.2, 0.25) is 5.02 Å². The number of hydrogen-bond acceptors (Lipinski definition) is 4. The van der Waals surface area contributed by atoms with Crippen molar-refractivity contribution in [2.75, 3.05) is 17.2 Å². The van der Waals surface area contributed by atoms with E-state index in [1.54, 1.807) is 73.1 Å². The highest BCUT2D eigenvalue weighted by Crippen LogP contribution is 2.18. The first-order valence-electron chi connectivity index (χ1n) is 8.10. The van der Waals surface area contributed by atoms with E-state index in [1.807, 2.05) is 0 Å². The number of carbonyl (C=O) groups is 2. The van der Waals surface area contributed by atoms with E-state index in [1.165, 1.54) is 0 Å². The molecule has 0 unspecified atom stereocenters. The third-order valence-corrected chi connectivity index (χ3v) is 3.80. The number of halogens is 1. The quantitative estimate of drug-likeness (QED) is 0.676. The molecule has 1 heterocycles. The van der Waals surface area contributed by atoms with Gasteiger partial charge in [0.25, 0.3) is 11.8 Å². The fourth-order valence-electron chi connectivity index (χ4n) is 2.29. The molecule has 27 heavy (non-hydrogen) atoms. The minimum atomic E-state index is -0.383. The molecule has 136 valence electrons. The molecule has 2 N–H and O–H groups in total. The molecule has 0 bridgehead atoms. The van der Waals surface area contributed by atoms with Gasteiger partial charge in [0.1, 0.15) is 5.75 Å². The smallest absolute Gasteiger partial charge is 0.262 e. The van der Waals surface area contributed by atoms with Crippen LogP contribution in [0.15, 0.2) is 73.1 Å². The number of para-hydroxylation sites is 1. The van der Waals surface area contributed by atoms with Gasteiger partial charge in [0, 0.05) is 11.2 Å². The molecule has 0 aliphatic rings. The molecule has 3 rings (SSSR count). The van der Waals surface area contributed by atoms with Gasteiger partial charge in [-0.15, -0.1) is 0 Å². The molecule has 1 aromatic heterocycles. The summed E-state index contributed by atoms with van der Waals surface area (Å²) in [6, 6.07) is 16.9. The maximum Gasteiger partial charge on any atom is 0.262 e. The standard InChI is InChI=1S/C20H16ClN3O3/c21-14-7-9-16(10-8-14)27-13-19(25)24-18-6-2-1-5-17(18)20(26)23-15-4-3-11-22-12-15/h1-12H,13H2,(H,23,26)(H,24,25). The number of benzene rings is 2. The average Bonchev–Trinajstić information content (AvgIpc) is 2.69. The van der Waals surface area contributed by atoms with Gasteiger partial charge in [0.2, 0.25) is 0 Å². The van der Waals surface area contributed by atoms with Gasteiger partial charge in [0.15, 0.2) is 6.61 Å². The number of carbonyl (C=O) groups excluding carboxylic acids is 2. The molecule has 0 spiro atoms. The van der Waals surface area contributed by atoms with E-state index in [0.717, 1.165) is 0 Å². The molecule has 0 atom stereocenters. The monoisotopic (exact) mass is 381 g/mol. The first-order chi connectivity index (χ1) is 13.1. The number of pyridine rings is 1. The lowest BCUT2D eigenvalue weighted by atomic mass is 10.1. The third-order valence-electron chi connectivity index (χ3n) is 3.55. The van der Waals surface area contributed by atoms with Crippen LogP contribution >= 0.6 is 11.6 Å². The Kier molecular flexibility index (Phi) is 6.02. The Morgan fingerprint density at radius 1 is 0.963 bits per heavy atom. The van der Waals surface area contributed by atoms with E-state index in [-0.39, 0.29) is 18.4 Å². The van der Waals surface area contributed by atoms with Crippen molar-refractivity contribution in [2.45, 2.75) is 0 Å². The fourth-order valence-corrected chi connectivity index (χ4v) is 2.42. The van der Waals surface area contributed by atoms with E-state index >= 15 is 0 Å². The van der Waals surface area contributed by atoms with Crippen LogP contribution in [0.5, 0.6) is 5.75 Å². The molecule has 3 aromatic rings. The summed E-state index contributed by atoms with van der Waals surface area (Å²) in [6.45, 7) is -0.194. The second-order valence-electron chi connectivity index (χ2n) is 5.53. The van der Waals surface area contributed by atoms with Gasteiger partial charge in [-0.05, 0) is 48.5 Å². The van der Waals surface area contributed by atoms with E-state index in [0.29, 0.717) is 27.7 Å². The number of ether oxygens (including phenoxy) is 1. The summed E-state index contributed by atoms with van der Waals surface area (Å²) in [5.41, 5.74) is 1.29. The number of hydrogen-bond donors (Lipinski definition) is 2. The maximum absolute atomic E-state index is 12.5. The van der Waals surface area contributed by atoms with Crippen molar-refractivity contribution >= 4 is 34.8 Å². The Labute approximate surface area is 161 Å². The van der Waals surface area contributed by atoms with Crippen LogP contribution in [-0.2, 0) is 4.79 Å². The molecule has 0 radical (unpaired) electrons. The van der Waals surface area contributed by atoms with Crippen LogP contribution in [0.4, 0.5) is 11.4 Å². The van der Waals surface area contributed by atoms with E-state index < -0.39 is 0 Å². The van der Waals surface area contributed by atoms with Gasteiger partial charge < -0.3 is 15.4 Å². The van der Waals surface area contributed by atoms with Crippen molar-refractivity contribution in [3.63, 3.8) is 0 Å². The summed E-state index contributed by atoms with van der Waals surface area (Å²) in [4.78, 5) is 28.6. The zero-order chi connectivity index (χ0) is 19.1. The summed E-state index contributed by atoms with van der Waals surface area (Å²) in [5.74, 6) is -0.207. The van der Waals surface area contributed by atoms with E-state index in [4.69, 9.17) is 16.3 Å². The lowest BCUT2D eigenvalue weighted by Gasteiger charge is -2.12. The van der Waals surface area contributed by atoms with Crippen molar-refractivity contribution in [3.8, 4) is 5.75 Å². The van der Waals surface area contributed by atoms with E-state index in [9.17, 15) is 9.59 Å². The second kappa shape index (κ2) is 8.82. The molecule has 0 saturated heterocycles. The van der Waals surface area contributed by atoms with Crippen LogP contribution in [0.1, 0.15) is 10.4 Å². The van der Waals surface area contributed by atoms with Gasteiger partial charge in [0.05, 0.1) is 23.1 Å². The van der Waals surface area contributed by atoms with Gasteiger partial charge in [-0.25, -0.2) is 0 Å². The highest BCUT2D eigenvalue weighted by Gasteiger charge is 2.13. The van der Waals surface area contributed by atoms with Crippen molar-refractivity contribution in [3.05, 3.63) is 83.6 Å². The Bertz CT molecular complexity index is 931. The van der Waals surface area contributed by atoms with Gasteiger partial charge >= 0.3 is 0 Å². The molecule has 0 saturated carbocycles. The molecule has 0 fully saturated rings. The van der Waals surface area contributed by atoms with Crippen molar-refractivity contribution < 1.29 is 14.3 Å². The van der Waals surface area contributed by atoms with Crippen LogP contribution < -0.4 is 15.4 Å². The summed E-state index contributed by atoms with van der Waals surface area (Å²) >= 11 is 5.81. The molecule has 0 aliphatic heterocycles. The number of rotatable bonds is 6. The first-order valence-corrected chi connectivity index (χ1v) is 8.48. The van der Waals surface area contributed by atoms with E-state index in [2.05, 4.69) is 15.6 Å². The molecule has 2 amide bonds. The van der Waals surface area contributed by atoms with Gasteiger partial charge in [-0.3, -0.25) is 14.6 Å². The topological polar surface area (TPSA) is 80.3 Å². The van der Waals surface area contributed by atoms with Crippen LogP contribution in [-0.4, -0.2) is 23.4 Å². The van der Waals surface area contributed by atoms with Crippen LogP contribution in [0.3, 0.4) is 0 Å². The predicted molar refractivity (Wildman–Crippen MR) is 104 cm³/mol. The molecular weight excluding hydrogens is 366 g/mol. The Hall–Kier alpha value is -3.38. The summed E-state index contributed by atoms with van der Waals surface area (Å²) < 4.78 is 5.41. The average molecular weight is 382 g/mol.